The number of halogens is 4. The van der Waals surface area contributed by atoms with E-state index >= 15 is 0 Å². The van der Waals surface area contributed by atoms with Crippen LogP contribution in [0.4, 0.5) is 18.9 Å². The Morgan fingerprint density at radius 2 is 1.77 bits per heavy atom. The molecular weight excluding hydrogens is 573 g/mol. The van der Waals surface area contributed by atoms with Crippen LogP contribution in [0, 0.1) is 11.3 Å². The first kappa shape index (κ1) is 27.7. The van der Waals surface area contributed by atoms with Gasteiger partial charge in [-0.25, -0.2) is 0 Å². The zero-order chi connectivity index (χ0) is 28.0. The topological polar surface area (TPSA) is 71.3 Å². The highest BCUT2D eigenvalue weighted by Crippen LogP contribution is 2.38. The summed E-state index contributed by atoms with van der Waals surface area (Å²) in [5, 5.41) is 14.1. The van der Waals surface area contributed by atoms with Crippen molar-refractivity contribution in [2.75, 3.05) is 11.9 Å². The predicted octanol–water partition coefficient (Wildman–Crippen LogP) is 8.14. The normalized spacial score (nSPS) is 11.6. The average Bonchev–Trinajstić information content (AvgIpc) is 2.91. The number of benzene rings is 4. The molecule has 39 heavy (non-hydrogen) atoms. The highest BCUT2D eigenvalue weighted by atomic mass is 79.9. The first-order valence-electron chi connectivity index (χ1n) is 11.9. The lowest BCUT2D eigenvalue weighted by molar-refractivity contribution is -0.137. The highest BCUT2D eigenvalue weighted by Gasteiger charge is 2.30. The Labute approximate surface area is 231 Å². The lowest BCUT2D eigenvalue weighted by Gasteiger charge is -2.16. The maximum atomic E-state index is 13.0. The summed E-state index contributed by atoms with van der Waals surface area (Å²) in [5.41, 5.74) is 0.158. The van der Waals surface area contributed by atoms with Crippen LogP contribution in [-0.4, -0.2) is 12.5 Å². The van der Waals surface area contributed by atoms with Crippen molar-refractivity contribution in [3.63, 3.8) is 0 Å². The molecule has 4 rings (SSSR count). The number of carbonyl (C=O) groups is 1. The van der Waals surface area contributed by atoms with E-state index in [0.717, 1.165) is 28.5 Å². The Kier molecular flexibility index (Phi) is 8.57. The van der Waals surface area contributed by atoms with Gasteiger partial charge in [0.25, 0.3) is 5.91 Å². The average molecular weight is 595 g/mol. The molecule has 0 heterocycles. The number of hydrogen-bond acceptors (Lipinski definition) is 4. The lowest BCUT2D eigenvalue weighted by atomic mass is 10.1. The van der Waals surface area contributed by atoms with Crippen molar-refractivity contribution in [2.45, 2.75) is 19.7 Å². The van der Waals surface area contributed by atoms with Crippen molar-refractivity contribution in [3.8, 4) is 17.6 Å². The summed E-state index contributed by atoms with van der Waals surface area (Å²) in [5.74, 6) is 0.00462. The van der Waals surface area contributed by atoms with E-state index in [0.29, 0.717) is 28.1 Å². The van der Waals surface area contributed by atoms with Crippen LogP contribution in [-0.2, 0) is 17.6 Å². The predicted molar refractivity (Wildman–Crippen MR) is 147 cm³/mol. The standard InChI is InChI=1S/C30H22BrF3N2O3/c1-2-38-27-15-19(13-22(17-35)29(37)36-24-11-6-10-23(16-24)30(32,33)34)14-26(31)28(27)39-18-21-9-5-8-20-7-3-4-12-25(20)21/h3-16H,2,18H2,1H3,(H,36,37)/b22-13+. The molecule has 198 valence electrons. The van der Waals surface area contributed by atoms with Gasteiger partial charge in [-0.3, -0.25) is 4.79 Å². The summed E-state index contributed by atoms with van der Waals surface area (Å²) in [6.45, 7) is 2.43. The van der Waals surface area contributed by atoms with Gasteiger partial charge < -0.3 is 14.8 Å². The second-order valence-electron chi connectivity index (χ2n) is 8.39. The zero-order valence-electron chi connectivity index (χ0n) is 20.7. The molecule has 0 saturated heterocycles. The molecule has 0 radical (unpaired) electrons. The first-order chi connectivity index (χ1) is 18.7. The number of nitrogens with zero attached hydrogens (tertiary/aromatic N) is 1. The molecule has 0 spiro atoms. The number of carbonyl (C=O) groups excluding carboxylic acids is 1. The summed E-state index contributed by atoms with van der Waals surface area (Å²) >= 11 is 3.50. The van der Waals surface area contributed by atoms with Gasteiger partial charge in [0.05, 0.1) is 16.6 Å². The van der Waals surface area contributed by atoms with Gasteiger partial charge in [-0.15, -0.1) is 0 Å². The Bertz CT molecular complexity index is 1590. The third kappa shape index (κ3) is 6.78. The van der Waals surface area contributed by atoms with Crippen molar-refractivity contribution in [1.29, 1.82) is 5.26 Å². The van der Waals surface area contributed by atoms with Gasteiger partial charge >= 0.3 is 6.18 Å². The van der Waals surface area contributed by atoms with E-state index in [1.54, 1.807) is 18.2 Å². The first-order valence-corrected chi connectivity index (χ1v) is 12.6. The van der Waals surface area contributed by atoms with Gasteiger partial charge in [-0.1, -0.05) is 48.5 Å². The number of nitrogens with one attached hydrogen (secondary N) is 1. The number of anilines is 1. The van der Waals surface area contributed by atoms with E-state index in [9.17, 15) is 23.2 Å². The van der Waals surface area contributed by atoms with Crippen molar-refractivity contribution in [2.24, 2.45) is 0 Å². The molecule has 0 aliphatic carbocycles. The zero-order valence-corrected chi connectivity index (χ0v) is 22.3. The molecule has 9 heteroatoms. The summed E-state index contributed by atoms with van der Waals surface area (Å²) in [6.07, 6.45) is -3.24. The minimum absolute atomic E-state index is 0.0793. The van der Waals surface area contributed by atoms with Crippen LogP contribution < -0.4 is 14.8 Å². The molecule has 0 atom stereocenters. The SMILES string of the molecule is CCOc1cc(/C=C(\C#N)C(=O)Nc2cccc(C(F)(F)F)c2)cc(Br)c1OCc1cccc2ccccc12. The van der Waals surface area contributed by atoms with Gasteiger partial charge in [0.15, 0.2) is 11.5 Å². The van der Waals surface area contributed by atoms with Crippen LogP contribution in [0.2, 0.25) is 0 Å². The molecule has 0 aliphatic heterocycles. The molecule has 0 aliphatic rings. The third-order valence-corrected chi connectivity index (χ3v) is 6.30. The Balaban J connectivity index is 1.58. The molecule has 0 unspecified atom stereocenters. The van der Waals surface area contributed by atoms with Crippen LogP contribution >= 0.6 is 15.9 Å². The van der Waals surface area contributed by atoms with E-state index in [-0.39, 0.29) is 17.9 Å². The van der Waals surface area contributed by atoms with E-state index in [2.05, 4.69) is 21.2 Å². The van der Waals surface area contributed by atoms with Crippen LogP contribution in [0.3, 0.4) is 0 Å². The number of rotatable bonds is 8. The molecule has 0 saturated carbocycles. The molecular formula is C30H22BrF3N2O3. The summed E-state index contributed by atoms with van der Waals surface area (Å²) in [6, 6.07) is 23.2. The number of ether oxygens (including phenoxy) is 2. The van der Waals surface area contributed by atoms with Gasteiger partial charge in [0.2, 0.25) is 0 Å². The smallest absolute Gasteiger partial charge is 0.416 e. The fourth-order valence-corrected chi connectivity index (χ4v) is 4.50. The van der Waals surface area contributed by atoms with Crippen LogP contribution in [0.15, 0.2) is 88.9 Å². The Morgan fingerprint density at radius 3 is 2.51 bits per heavy atom. The van der Waals surface area contributed by atoms with Gasteiger partial charge in [0.1, 0.15) is 18.2 Å². The van der Waals surface area contributed by atoms with E-state index in [4.69, 9.17) is 9.47 Å². The van der Waals surface area contributed by atoms with E-state index in [1.165, 1.54) is 18.2 Å². The maximum Gasteiger partial charge on any atom is 0.416 e. The quantitative estimate of drug-likeness (QED) is 0.165. The largest absolute Gasteiger partial charge is 0.490 e. The van der Waals surface area contributed by atoms with Crippen molar-refractivity contribution in [1.82, 2.24) is 0 Å². The number of amides is 1. The second kappa shape index (κ2) is 12.0. The lowest BCUT2D eigenvalue weighted by Crippen LogP contribution is -2.14. The minimum Gasteiger partial charge on any atom is -0.490 e. The van der Waals surface area contributed by atoms with Crippen LogP contribution in [0.1, 0.15) is 23.6 Å². The number of nitriles is 1. The summed E-state index contributed by atoms with van der Waals surface area (Å²) in [4.78, 5) is 12.7. The van der Waals surface area contributed by atoms with E-state index < -0.39 is 17.6 Å². The molecule has 4 aromatic rings. The molecule has 0 fully saturated rings. The molecule has 1 N–H and O–H groups in total. The Morgan fingerprint density at radius 1 is 1.03 bits per heavy atom. The monoisotopic (exact) mass is 594 g/mol. The molecule has 1 amide bonds. The molecule has 0 aromatic heterocycles. The third-order valence-electron chi connectivity index (χ3n) is 5.71. The summed E-state index contributed by atoms with van der Waals surface area (Å²) in [7, 11) is 0. The Hall–Kier alpha value is -4.29. The summed E-state index contributed by atoms with van der Waals surface area (Å²) < 4.78 is 51.5. The van der Waals surface area contributed by atoms with Crippen molar-refractivity contribution in [3.05, 3.63) is 106 Å². The highest BCUT2D eigenvalue weighted by molar-refractivity contribution is 9.10. The fourth-order valence-electron chi connectivity index (χ4n) is 3.93. The second-order valence-corrected chi connectivity index (χ2v) is 9.25. The van der Waals surface area contributed by atoms with E-state index in [1.807, 2.05) is 49.4 Å². The number of hydrogen-bond donors (Lipinski definition) is 1. The van der Waals surface area contributed by atoms with Gasteiger partial charge in [-0.05, 0) is 81.2 Å². The van der Waals surface area contributed by atoms with Crippen LogP contribution in [0.25, 0.3) is 16.8 Å². The van der Waals surface area contributed by atoms with Crippen LogP contribution in [0.5, 0.6) is 11.5 Å². The van der Waals surface area contributed by atoms with Gasteiger partial charge in [-0.2, -0.15) is 18.4 Å². The van der Waals surface area contributed by atoms with Gasteiger partial charge in [0, 0.05) is 5.69 Å². The fraction of sp³-hybridized carbons (Fsp3) is 0.133. The minimum atomic E-state index is -4.56. The molecule has 4 aromatic carbocycles. The number of fused-ring (bicyclic) bond motifs is 1. The van der Waals surface area contributed by atoms with Crippen molar-refractivity contribution < 1.29 is 27.4 Å². The maximum absolute atomic E-state index is 13.0. The van der Waals surface area contributed by atoms with Crippen molar-refractivity contribution >= 4 is 44.4 Å². The molecule has 0 bridgehead atoms. The molecule has 5 nitrogen and oxygen atoms in total. The number of alkyl halides is 3.